The van der Waals surface area contributed by atoms with Crippen LogP contribution in [0.15, 0.2) is 66.9 Å². The van der Waals surface area contributed by atoms with Crippen LogP contribution in [0.5, 0.6) is 0 Å². The summed E-state index contributed by atoms with van der Waals surface area (Å²) in [7, 11) is 0. The number of aryl methyl sites for hydroxylation is 1. The Hall–Kier alpha value is -3.18. The smallest absolute Gasteiger partial charge is 0.270 e. The molecule has 0 aliphatic rings. The van der Waals surface area contributed by atoms with Crippen LogP contribution in [0.2, 0.25) is 5.02 Å². The van der Waals surface area contributed by atoms with Gasteiger partial charge in [-0.1, -0.05) is 41.9 Å². The standard InChI is InChI=1S/C21H18ClN3O2/c1-14-5-4-7-17(11-14)25-20(26)15-9-10-23-19(12-15)21(27)24-13-16-6-2-3-8-18(16)22/h2-12H,13H2,1H3,(H,24,27)(H,25,26). The molecule has 2 N–H and O–H groups in total. The Morgan fingerprint density at radius 2 is 1.81 bits per heavy atom. The fraction of sp³-hybridized carbons (Fsp3) is 0.0952. The minimum absolute atomic E-state index is 0.166. The maximum absolute atomic E-state index is 12.4. The predicted molar refractivity (Wildman–Crippen MR) is 106 cm³/mol. The molecule has 3 rings (SSSR count). The van der Waals surface area contributed by atoms with E-state index < -0.39 is 0 Å². The normalized spacial score (nSPS) is 10.3. The SMILES string of the molecule is Cc1cccc(NC(=O)c2ccnc(C(=O)NCc3ccccc3Cl)c2)c1. The molecule has 0 bridgehead atoms. The van der Waals surface area contributed by atoms with Crippen LogP contribution in [-0.4, -0.2) is 16.8 Å². The number of halogens is 1. The van der Waals surface area contributed by atoms with E-state index in [9.17, 15) is 9.59 Å². The zero-order valence-corrected chi connectivity index (χ0v) is 15.5. The topological polar surface area (TPSA) is 71.1 Å². The highest BCUT2D eigenvalue weighted by molar-refractivity contribution is 6.31. The first-order chi connectivity index (χ1) is 13.0. The van der Waals surface area contributed by atoms with Crippen LogP contribution in [0.1, 0.15) is 32.0 Å². The number of carbonyl (C=O) groups excluding carboxylic acids is 2. The van der Waals surface area contributed by atoms with Gasteiger partial charge in [0.25, 0.3) is 11.8 Å². The lowest BCUT2D eigenvalue weighted by molar-refractivity contribution is 0.0946. The number of nitrogens with zero attached hydrogens (tertiary/aromatic N) is 1. The minimum Gasteiger partial charge on any atom is -0.347 e. The van der Waals surface area contributed by atoms with Crippen LogP contribution >= 0.6 is 11.6 Å². The van der Waals surface area contributed by atoms with Crippen molar-refractivity contribution in [3.63, 3.8) is 0 Å². The number of nitrogens with one attached hydrogen (secondary N) is 2. The van der Waals surface area contributed by atoms with Crippen molar-refractivity contribution in [2.75, 3.05) is 5.32 Å². The highest BCUT2D eigenvalue weighted by Crippen LogP contribution is 2.15. The van der Waals surface area contributed by atoms with Gasteiger partial charge in [0.15, 0.2) is 0 Å². The zero-order valence-electron chi connectivity index (χ0n) is 14.7. The third-order valence-corrected chi connectivity index (χ3v) is 4.30. The monoisotopic (exact) mass is 379 g/mol. The van der Waals surface area contributed by atoms with Crippen LogP contribution in [-0.2, 0) is 6.54 Å². The second kappa shape index (κ2) is 8.47. The maximum Gasteiger partial charge on any atom is 0.270 e. The number of rotatable bonds is 5. The molecular weight excluding hydrogens is 362 g/mol. The number of anilines is 1. The number of hydrogen-bond donors (Lipinski definition) is 2. The molecule has 0 aliphatic carbocycles. The van der Waals surface area contributed by atoms with Gasteiger partial charge in [0.2, 0.25) is 0 Å². The summed E-state index contributed by atoms with van der Waals surface area (Å²) in [6.07, 6.45) is 1.44. The summed E-state index contributed by atoms with van der Waals surface area (Å²) in [6, 6.07) is 17.8. The second-order valence-corrected chi connectivity index (χ2v) is 6.43. The summed E-state index contributed by atoms with van der Waals surface area (Å²) in [6.45, 7) is 2.23. The Morgan fingerprint density at radius 3 is 2.59 bits per heavy atom. The van der Waals surface area contributed by atoms with Crippen LogP contribution in [0.4, 0.5) is 5.69 Å². The number of aromatic nitrogens is 1. The Balaban J connectivity index is 1.68. The molecule has 0 spiro atoms. The fourth-order valence-corrected chi connectivity index (χ4v) is 2.73. The lowest BCUT2D eigenvalue weighted by Gasteiger charge is -2.08. The third kappa shape index (κ3) is 4.92. The summed E-state index contributed by atoms with van der Waals surface area (Å²) in [5.41, 5.74) is 3.07. The van der Waals surface area contributed by atoms with E-state index in [0.717, 1.165) is 11.1 Å². The van der Waals surface area contributed by atoms with Gasteiger partial charge >= 0.3 is 0 Å². The third-order valence-electron chi connectivity index (χ3n) is 3.93. The van der Waals surface area contributed by atoms with Gasteiger partial charge in [-0.2, -0.15) is 0 Å². The molecule has 0 unspecified atom stereocenters. The van der Waals surface area contributed by atoms with Crippen LogP contribution in [0.25, 0.3) is 0 Å². The van der Waals surface area contributed by atoms with E-state index in [2.05, 4.69) is 15.6 Å². The molecule has 0 radical (unpaired) electrons. The predicted octanol–water partition coefficient (Wildman–Crippen LogP) is 4.23. The van der Waals surface area contributed by atoms with E-state index in [1.165, 1.54) is 12.3 Å². The molecule has 0 aliphatic heterocycles. The molecule has 1 aromatic heterocycles. The molecule has 136 valence electrons. The maximum atomic E-state index is 12.4. The van der Waals surface area contributed by atoms with Crippen LogP contribution in [0.3, 0.4) is 0 Å². The lowest BCUT2D eigenvalue weighted by Crippen LogP contribution is -2.24. The van der Waals surface area contributed by atoms with E-state index in [4.69, 9.17) is 11.6 Å². The fourth-order valence-electron chi connectivity index (χ4n) is 2.53. The van der Waals surface area contributed by atoms with Gasteiger partial charge in [-0.3, -0.25) is 14.6 Å². The van der Waals surface area contributed by atoms with Gasteiger partial charge in [0.05, 0.1) is 0 Å². The van der Waals surface area contributed by atoms with Gasteiger partial charge in [0.1, 0.15) is 5.69 Å². The number of carbonyl (C=O) groups is 2. The highest BCUT2D eigenvalue weighted by atomic mass is 35.5. The molecule has 0 fully saturated rings. The summed E-state index contributed by atoms with van der Waals surface area (Å²) in [5.74, 6) is -0.678. The van der Waals surface area contributed by atoms with Crippen LogP contribution < -0.4 is 10.6 Å². The first-order valence-corrected chi connectivity index (χ1v) is 8.76. The van der Waals surface area contributed by atoms with Crippen molar-refractivity contribution in [3.05, 3.63) is 94.3 Å². The molecule has 2 amide bonds. The molecule has 0 atom stereocenters. The lowest BCUT2D eigenvalue weighted by atomic mass is 10.1. The molecule has 6 heteroatoms. The number of pyridine rings is 1. The van der Waals surface area contributed by atoms with Crippen molar-refractivity contribution in [1.82, 2.24) is 10.3 Å². The first kappa shape index (κ1) is 18.6. The Morgan fingerprint density at radius 1 is 1.00 bits per heavy atom. The molecule has 3 aromatic rings. The van der Waals surface area contributed by atoms with Crippen molar-refractivity contribution in [3.8, 4) is 0 Å². The van der Waals surface area contributed by atoms with Gasteiger partial charge in [-0.05, 0) is 48.4 Å². The molecule has 27 heavy (non-hydrogen) atoms. The van der Waals surface area contributed by atoms with Crippen molar-refractivity contribution < 1.29 is 9.59 Å². The van der Waals surface area contributed by atoms with Gasteiger partial charge < -0.3 is 10.6 Å². The highest BCUT2D eigenvalue weighted by Gasteiger charge is 2.12. The van der Waals surface area contributed by atoms with E-state index in [-0.39, 0.29) is 24.1 Å². The summed E-state index contributed by atoms with van der Waals surface area (Å²) in [5, 5.41) is 6.16. The van der Waals surface area contributed by atoms with Crippen molar-refractivity contribution >= 4 is 29.1 Å². The van der Waals surface area contributed by atoms with Gasteiger partial charge in [0, 0.05) is 29.0 Å². The average Bonchev–Trinajstić information content (AvgIpc) is 2.67. The van der Waals surface area contributed by atoms with E-state index >= 15 is 0 Å². The Kier molecular flexibility index (Phi) is 5.84. The largest absolute Gasteiger partial charge is 0.347 e. The van der Waals surface area contributed by atoms with E-state index in [0.29, 0.717) is 16.3 Å². The van der Waals surface area contributed by atoms with Crippen molar-refractivity contribution in [1.29, 1.82) is 0 Å². The van der Waals surface area contributed by atoms with Gasteiger partial charge in [-0.15, -0.1) is 0 Å². The molecule has 1 heterocycles. The summed E-state index contributed by atoms with van der Waals surface area (Å²) in [4.78, 5) is 28.8. The second-order valence-electron chi connectivity index (χ2n) is 6.03. The number of benzene rings is 2. The average molecular weight is 380 g/mol. The van der Waals surface area contributed by atoms with Crippen LogP contribution in [0, 0.1) is 6.92 Å². The molecule has 0 saturated heterocycles. The number of hydrogen-bond acceptors (Lipinski definition) is 3. The minimum atomic E-state index is -0.375. The molecule has 5 nitrogen and oxygen atoms in total. The molecular formula is C21H18ClN3O2. The van der Waals surface area contributed by atoms with Crippen molar-refractivity contribution in [2.45, 2.75) is 13.5 Å². The quantitative estimate of drug-likeness (QED) is 0.697. The van der Waals surface area contributed by atoms with Crippen molar-refractivity contribution in [2.24, 2.45) is 0 Å². The van der Waals surface area contributed by atoms with E-state index in [1.54, 1.807) is 12.1 Å². The Bertz CT molecular complexity index is 988. The molecule has 2 aromatic carbocycles. The summed E-state index contributed by atoms with van der Waals surface area (Å²) >= 11 is 6.09. The number of amides is 2. The zero-order chi connectivity index (χ0) is 19.2. The van der Waals surface area contributed by atoms with E-state index in [1.807, 2.05) is 49.4 Å². The first-order valence-electron chi connectivity index (χ1n) is 8.38. The van der Waals surface area contributed by atoms with Gasteiger partial charge in [-0.25, -0.2) is 0 Å². The summed E-state index contributed by atoms with van der Waals surface area (Å²) < 4.78 is 0. The molecule has 0 saturated carbocycles. The Labute approximate surface area is 162 Å².